The lowest BCUT2D eigenvalue weighted by Gasteiger charge is -2.56. The summed E-state index contributed by atoms with van der Waals surface area (Å²) in [6.45, 7) is 5.00. The van der Waals surface area contributed by atoms with Gasteiger partial charge in [0.1, 0.15) is 24.0 Å². The Balaban J connectivity index is 1.63. The second-order valence-electron chi connectivity index (χ2n) is 9.96. The van der Waals surface area contributed by atoms with Crippen LogP contribution in [-0.2, 0) is 14.3 Å². The lowest BCUT2D eigenvalue weighted by molar-refractivity contribution is -0.166. The molecule has 0 aromatic carbocycles. The number of hydrogen-bond acceptors (Lipinski definition) is 5. The van der Waals surface area contributed by atoms with Gasteiger partial charge < -0.3 is 14.9 Å². The largest absolute Gasteiger partial charge is 0.388 e. The fourth-order valence-electron chi connectivity index (χ4n) is 7.69. The lowest BCUT2D eigenvalue weighted by atomic mass is 9.46. The highest BCUT2D eigenvalue weighted by Crippen LogP contribution is 2.76. The molecule has 4 aliphatic carbocycles. The maximum Gasteiger partial charge on any atom is 0.190 e. The van der Waals surface area contributed by atoms with Crippen molar-refractivity contribution in [3.63, 3.8) is 0 Å². The Hall–Kier alpha value is -1.37. The summed E-state index contributed by atoms with van der Waals surface area (Å²) in [4.78, 5) is 24.5. The second-order valence-corrected chi connectivity index (χ2v) is 9.96. The van der Waals surface area contributed by atoms with Gasteiger partial charge in [-0.25, -0.2) is 4.39 Å². The van der Waals surface area contributed by atoms with E-state index in [1.807, 2.05) is 20.8 Å². The van der Waals surface area contributed by atoms with Crippen LogP contribution in [0.2, 0.25) is 0 Å². The third kappa shape index (κ3) is 1.75. The molecule has 0 amide bonds. The Labute approximate surface area is 163 Å². The van der Waals surface area contributed by atoms with Gasteiger partial charge in [0.15, 0.2) is 11.6 Å². The van der Waals surface area contributed by atoms with Crippen LogP contribution in [0.25, 0.3) is 0 Å². The number of aliphatic hydroxyl groups excluding tert-OH is 1. The molecule has 9 atom stereocenters. The molecule has 1 heterocycles. The van der Waals surface area contributed by atoms with E-state index >= 15 is 4.39 Å². The third-order valence-electron chi connectivity index (χ3n) is 9.07. The minimum atomic E-state index is -1.63. The number of Topliss-reactive ketones (excluding diaryl/α,β-unsaturated/α-hetero) is 1. The lowest BCUT2D eigenvalue weighted by Crippen LogP contribution is -2.63. The standard InChI is InChI=1S/C22H27FO5/c1-11-6-13-14-8-16(23)15-7-12(25)4-5-19(15,2)22(14)18(28-22)9-20(13,3)21(11,27)17(26)10-24/h4-5,7,11,13-14,16,18,24,27H,6,8-10H2,1-3H3/t11-,13+,14+,16?,18+,19+,20+,21+,22-/m1/s1. The number of ketones is 2. The summed E-state index contributed by atoms with van der Waals surface area (Å²) >= 11 is 0. The van der Waals surface area contributed by atoms with Crippen LogP contribution in [0.3, 0.4) is 0 Å². The molecule has 2 N–H and O–H groups in total. The zero-order chi connectivity index (χ0) is 20.3. The first-order valence-corrected chi connectivity index (χ1v) is 10.2. The highest BCUT2D eigenvalue weighted by Gasteiger charge is 2.82. The van der Waals surface area contributed by atoms with Crippen LogP contribution < -0.4 is 0 Å². The van der Waals surface area contributed by atoms with E-state index in [2.05, 4.69) is 0 Å². The van der Waals surface area contributed by atoms with Crippen molar-refractivity contribution in [2.24, 2.45) is 28.6 Å². The van der Waals surface area contributed by atoms with Crippen molar-refractivity contribution in [2.45, 2.75) is 63.5 Å². The van der Waals surface area contributed by atoms with E-state index in [4.69, 9.17) is 4.74 Å². The zero-order valence-electron chi connectivity index (χ0n) is 16.4. The Morgan fingerprint density at radius 3 is 2.71 bits per heavy atom. The van der Waals surface area contributed by atoms with Crippen molar-refractivity contribution < 1.29 is 28.9 Å². The quantitative estimate of drug-likeness (QED) is 0.704. The van der Waals surface area contributed by atoms with Crippen LogP contribution >= 0.6 is 0 Å². The molecule has 1 aliphatic heterocycles. The van der Waals surface area contributed by atoms with Crippen LogP contribution in [0, 0.1) is 28.6 Å². The number of carbonyl (C=O) groups is 2. The monoisotopic (exact) mass is 390 g/mol. The summed E-state index contributed by atoms with van der Waals surface area (Å²) in [5, 5.41) is 21.0. The number of rotatable bonds is 2. The van der Waals surface area contributed by atoms with E-state index in [1.165, 1.54) is 12.2 Å². The minimum Gasteiger partial charge on any atom is -0.388 e. The number of epoxide rings is 1. The van der Waals surface area contributed by atoms with Crippen LogP contribution in [-0.4, -0.2) is 51.9 Å². The highest BCUT2D eigenvalue weighted by atomic mass is 19.1. The molecule has 0 aromatic rings. The number of ether oxygens (including phenoxy) is 1. The fraction of sp³-hybridized carbons (Fsp3) is 0.727. The van der Waals surface area contributed by atoms with Gasteiger partial charge in [0.2, 0.25) is 0 Å². The molecule has 0 radical (unpaired) electrons. The summed E-state index contributed by atoms with van der Waals surface area (Å²) in [5.74, 6) is -1.32. The summed E-state index contributed by atoms with van der Waals surface area (Å²) in [6, 6.07) is 0. The molecular weight excluding hydrogens is 363 g/mol. The summed E-state index contributed by atoms with van der Waals surface area (Å²) in [6.07, 6.45) is 4.58. The van der Waals surface area contributed by atoms with Gasteiger partial charge in [-0.15, -0.1) is 0 Å². The molecule has 1 saturated heterocycles. The first kappa shape index (κ1) is 18.6. The number of allylic oxidation sites excluding steroid dienone is 2. The van der Waals surface area contributed by atoms with Crippen molar-refractivity contribution in [3.05, 3.63) is 23.8 Å². The molecule has 5 aliphatic rings. The minimum absolute atomic E-state index is 0.0931. The van der Waals surface area contributed by atoms with Gasteiger partial charge in [0.05, 0.1) is 6.10 Å². The van der Waals surface area contributed by atoms with Gasteiger partial charge in [-0.2, -0.15) is 0 Å². The number of fused-ring (bicyclic) bond motifs is 3. The van der Waals surface area contributed by atoms with Gasteiger partial charge in [0.25, 0.3) is 0 Å². The SMILES string of the molecule is C[C@@H]1C[C@H]2[C@@H]3CC(F)C4=CC(=O)C=C[C@]4(C)[C@@]34O[C@H]4C[C@]2(C)[C@@]1(O)C(=O)CO. The molecule has 0 bridgehead atoms. The first-order chi connectivity index (χ1) is 13.1. The number of carbonyl (C=O) groups excluding carboxylic acids is 2. The van der Waals surface area contributed by atoms with Gasteiger partial charge in [-0.1, -0.05) is 19.9 Å². The summed E-state index contributed by atoms with van der Waals surface area (Å²) < 4.78 is 21.6. The molecule has 4 fully saturated rings. The number of hydrogen-bond donors (Lipinski definition) is 2. The molecule has 6 heteroatoms. The molecule has 0 aromatic heterocycles. The summed E-state index contributed by atoms with van der Waals surface area (Å²) in [7, 11) is 0. The number of aliphatic hydroxyl groups is 2. The van der Waals surface area contributed by atoms with Crippen LogP contribution in [0.4, 0.5) is 4.39 Å². The van der Waals surface area contributed by atoms with Gasteiger partial charge in [0, 0.05) is 10.8 Å². The van der Waals surface area contributed by atoms with Crippen molar-refractivity contribution in [3.8, 4) is 0 Å². The van der Waals surface area contributed by atoms with Crippen LogP contribution in [0.1, 0.15) is 40.0 Å². The van der Waals surface area contributed by atoms with E-state index in [0.717, 1.165) is 0 Å². The van der Waals surface area contributed by atoms with Crippen molar-refractivity contribution in [1.82, 2.24) is 0 Å². The molecule has 5 nitrogen and oxygen atoms in total. The first-order valence-electron chi connectivity index (χ1n) is 10.2. The van der Waals surface area contributed by atoms with E-state index in [0.29, 0.717) is 18.4 Å². The van der Waals surface area contributed by atoms with E-state index in [9.17, 15) is 19.8 Å². The van der Waals surface area contributed by atoms with E-state index in [1.54, 1.807) is 6.08 Å². The van der Waals surface area contributed by atoms with Crippen molar-refractivity contribution in [2.75, 3.05) is 6.61 Å². The smallest absolute Gasteiger partial charge is 0.190 e. The maximum atomic E-state index is 15.3. The molecule has 28 heavy (non-hydrogen) atoms. The van der Waals surface area contributed by atoms with E-state index in [-0.39, 0.29) is 36.1 Å². The topological polar surface area (TPSA) is 87.1 Å². The number of halogens is 1. The third-order valence-corrected chi connectivity index (χ3v) is 9.07. The maximum absolute atomic E-state index is 15.3. The van der Waals surface area contributed by atoms with Gasteiger partial charge >= 0.3 is 0 Å². The molecule has 5 rings (SSSR count). The van der Waals surface area contributed by atoms with Crippen LogP contribution in [0.5, 0.6) is 0 Å². The molecule has 1 spiro atoms. The Morgan fingerprint density at radius 1 is 1.32 bits per heavy atom. The van der Waals surface area contributed by atoms with Crippen LogP contribution in [0.15, 0.2) is 23.8 Å². The average Bonchev–Trinajstić information content (AvgIpc) is 3.34. The predicted molar refractivity (Wildman–Crippen MR) is 98.0 cm³/mol. The fourth-order valence-corrected chi connectivity index (χ4v) is 7.69. The summed E-state index contributed by atoms with van der Waals surface area (Å²) in [5.41, 5.74) is -3.19. The number of alkyl halides is 1. The molecular formula is C22H27FO5. The molecule has 1 unspecified atom stereocenters. The second kappa shape index (κ2) is 5.21. The Kier molecular flexibility index (Phi) is 3.47. The average molecular weight is 390 g/mol. The van der Waals surface area contributed by atoms with Gasteiger partial charge in [-0.3, -0.25) is 9.59 Å². The Morgan fingerprint density at radius 2 is 2.04 bits per heavy atom. The van der Waals surface area contributed by atoms with Gasteiger partial charge in [-0.05, 0) is 61.7 Å². The zero-order valence-corrected chi connectivity index (χ0v) is 16.4. The van der Waals surface area contributed by atoms with E-state index < -0.39 is 40.6 Å². The van der Waals surface area contributed by atoms with Crippen molar-refractivity contribution in [1.29, 1.82) is 0 Å². The predicted octanol–water partition coefficient (Wildman–Crippen LogP) is 1.91. The molecule has 152 valence electrons. The highest BCUT2D eigenvalue weighted by molar-refractivity contribution is 6.01. The normalized spacial score (nSPS) is 56.3. The molecule has 3 saturated carbocycles. The van der Waals surface area contributed by atoms with Crippen molar-refractivity contribution >= 4 is 11.6 Å². The Bertz CT molecular complexity index is 850.